The Kier molecular flexibility index (Phi) is 4.43. The van der Waals surface area contributed by atoms with Crippen molar-refractivity contribution < 1.29 is 9.59 Å². The van der Waals surface area contributed by atoms with Crippen molar-refractivity contribution in [2.45, 2.75) is 39.5 Å². The molecule has 7 nitrogen and oxygen atoms in total. The minimum atomic E-state index is -0.476. The van der Waals surface area contributed by atoms with Crippen molar-refractivity contribution in [1.82, 2.24) is 20.2 Å². The van der Waals surface area contributed by atoms with Crippen LogP contribution >= 0.6 is 0 Å². The average molecular weight is 332 g/mol. The summed E-state index contributed by atoms with van der Waals surface area (Å²) in [5, 5.41) is 2.89. The third-order valence-electron chi connectivity index (χ3n) is 4.96. The van der Waals surface area contributed by atoms with Crippen LogP contribution in [0.5, 0.6) is 0 Å². The molecule has 2 aliphatic rings. The highest BCUT2D eigenvalue weighted by molar-refractivity contribution is 5.92. The summed E-state index contributed by atoms with van der Waals surface area (Å²) >= 11 is 0. The molecule has 0 atom stereocenters. The maximum Gasteiger partial charge on any atom is 0.345 e. The molecule has 24 heavy (non-hydrogen) atoms. The van der Waals surface area contributed by atoms with Crippen LogP contribution < -0.4 is 11.0 Å². The highest BCUT2D eigenvalue weighted by atomic mass is 16.2. The monoisotopic (exact) mass is 332 g/mol. The Hall–Kier alpha value is -2.18. The lowest BCUT2D eigenvalue weighted by atomic mass is 9.77. The Morgan fingerprint density at radius 2 is 2.04 bits per heavy atom. The Balaban J connectivity index is 1.70. The van der Waals surface area contributed by atoms with E-state index in [-0.39, 0.29) is 22.9 Å². The first-order valence-electron chi connectivity index (χ1n) is 8.53. The first-order valence-corrected chi connectivity index (χ1v) is 8.53. The smallest absolute Gasteiger partial charge is 0.345 e. The second kappa shape index (κ2) is 6.37. The van der Waals surface area contributed by atoms with Crippen LogP contribution in [0, 0.1) is 11.3 Å². The number of H-pyrrole nitrogens is 1. The van der Waals surface area contributed by atoms with Gasteiger partial charge in [0.15, 0.2) is 0 Å². The van der Waals surface area contributed by atoms with Crippen LogP contribution in [0.3, 0.4) is 0 Å². The van der Waals surface area contributed by atoms with Gasteiger partial charge in [0.25, 0.3) is 5.91 Å². The lowest BCUT2D eigenvalue weighted by Gasteiger charge is -2.38. The number of carbonyl (C=O) groups excluding carboxylic acids is 2. The van der Waals surface area contributed by atoms with Crippen LogP contribution in [0.15, 0.2) is 10.9 Å². The molecule has 1 aromatic rings. The number of rotatable bonds is 3. The summed E-state index contributed by atoms with van der Waals surface area (Å²) in [4.78, 5) is 44.2. The number of aromatic amines is 1. The summed E-state index contributed by atoms with van der Waals surface area (Å²) in [5.41, 5.74) is 0.479. The van der Waals surface area contributed by atoms with Gasteiger partial charge < -0.3 is 15.2 Å². The Morgan fingerprint density at radius 1 is 1.33 bits per heavy atom. The van der Waals surface area contributed by atoms with Gasteiger partial charge in [-0.2, -0.15) is 4.98 Å². The Morgan fingerprint density at radius 3 is 2.62 bits per heavy atom. The van der Waals surface area contributed by atoms with Crippen molar-refractivity contribution in [3.63, 3.8) is 0 Å². The van der Waals surface area contributed by atoms with E-state index in [1.165, 1.54) is 0 Å². The van der Waals surface area contributed by atoms with E-state index in [1.54, 1.807) is 11.0 Å². The number of carbonyl (C=O) groups is 2. The van der Waals surface area contributed by atoms with Gasteiger partial charge in [-0.3, -0.25) is 9.59 Å². The fraction of sp³-hybridized carbons (Fsp3) is 0.647. The van der Waals surface area contributed by atoms with Crippen molar-refractivity contribution >= 4 is 11.8 Å². The molecule has 0 aromatic carbocycles. The van der Waals surface area contributed by atoms with E-state index in [0.29, 0.717) is 38.4 Å². The number of likely N-dealkylation sites (tertiary alicyclic amines) is 1. The van der Waals surface area contributed by atoms with E-state index in [2.05, 4.69) is 29.1 Å². The first kappa shape index (κ1) is 16.7. The fourth-order valence-corrected chi connectivity index (χ4v) is 3.62. The molecule has 3 heterocycles. The Bertz CT molecular complexity index is 702. The molecule has 130 valence electrons. The van der Waals surface area contributed by atoms with Crippen molar-refractivity contribution in [3.8, 4) is 0 Å². The summed E-state index contributed by atoms with van der Waals surface area (Å²) in [6, 6.07) is 1.69. The normalized spacial score (nSPS) is 19.8. The Labute approximate surface area is 140 Å². The summed E-state index contributed by atoms with van der Waals surface area (Å²) in [6.45, 7) is 6.02. The maximum absolute atomic E-state index is 12.7. The van der Waals surface area contributed by atoms with E-state index >= 15 is 0 Å². The molecule has 0 bridgehead atoms. The van der Waals surface area contributed by atoms with E-state index in [0.717, 1.165) is 18.5 Å². The van der Waals surface area contributed by atoms with Crippen molar-refractivity contribution in [2.75, 3.05) is 19.6 Å². The van der Waals surface area contributed by atoms with Crippen LogP contribution in [0.4, 0.5) is 0 Å². The number of nitrogens with zero attached hydrogens (tertiary/aromatic N) is 2. The van der Waals surface area contributed by atoms with Gasteiger partial charge in [-0.15, -0.1) is 0 Å². The second-order valence-corrected chi connectivity index (χ2v) is 7.44. The van der Waals surface area contributed by atoms with Gasteiger partial charge in [0, 0.05) is 31.7 Å². The summed E-state index contributed by atoms with van der Waals surface area (Å²) in [5.74, 6) is 0.288. The average Bonchev–Trinajstić information content (AvgIpc) is 2.87. The number of aromatic nitrogens is 2. The number of hydrogen-bond donors (Lipinski definition) is 2. The molecule has 3 rings (SSSR count). The fourth-order valence-electron chi connectivity index (χ4n) is 3.62. The molecule has 7 heteroatoms. The molecule has 0 saturated carbocycles. The number of hydrogen-bond acceptors (Lipinski definition) is 4. The van der Waals surface area contributed by atoms with Crippen LogP contribution in [0.2, 0.25) is 0 Å². The van der Waals surface area contributed by atoms with Crippen LogP contribution in [0.25, 0.3) is 0 Å². The summed E-state index contributed by atoms with van der Waals surface area (Å²) in [6.07, 6.45) is 2.87. The van der Waals surface area contributed by atoms with E-state index < -0.39 is 5.69 Å². The van der Waals surface area contributed by atoms with Crippen molar-refractivity contribution in [3.05, 3.63) is 27.9 Å². The van der Waals surface area contributed by atoms with Gasteiger partial charge in [-0.05, 0) is 36.7 Å². The third-order valence-corrected chi connectivity index (χ3v) is 4.96. The molecule has 2 amide bonds. The quantitative estimate of drug-likeness (QED) is 0.852. The third kappa shape index (κ3) is 3.49. The van der Waals surface area contributed by atoms with Crippen LogP contribution in [-0.4, -0.2) is 46.3 Å². The van der Waals surface area contributed by atoms with Gasteiger partial charge >= 0.3 is 5.69 Å². The van der Waals surface area contributed by atoms with E-state index in [4.69, 9.17) is 0 Å². The van der Waals surface area contributed by atoms with Crippen molar-refractivity contribution in [2.24, 2.45) is 11.3 Å². The van der Waals surface area contributed by atoms with Gasteiger partial charge in [0.2, 0.25) is 5.91 Å². The number of nitrogens with one attached hydrogen (secondary N) is 2. The maximum atomic E-state index is 12.7. The topological polar surface area (TPSA) is 95.2 Å². The molecule has 1 aromatic heterocycles. The molecule has 0 aliphatic carbocycles. The van der Waals surface area contributed by atoms with Crippen LogP contribution in [-0.2, 0) is 11.2 Å². The lowest BCUT2D eigenvalue weighted by Crippen LogP contribution is -2.44. The zero-order valence-electron chi connectivity index (χ0n) is 14.2. The van der Waals surface area contributed by atoms with Gasteiger partial charge in [0.05, 0.1) is 0 Å². The predicted molar refractivity (Wildman–Crippen MR) is 88.6 cm³/mol. The van der Waals surface area contributed by atoms with E-state index in [1.807, 2.05) is 0 Å². The largest absolute Gasteiger partial charge is 0.356 e. The minimum absolute atomic E-state index is 0.00173. The molecule has 2 N–H and O–H groups in total. The van der Waals surface area contributed by atoms with E-state index in [9.17, 15) is 14.4 Å². The predicted octanol–water partition coefficient (Wildman–Crippen LogP) is 0.711. The molecule has 2 fully saturated rings. The standard InChI is InChI=1S/C17H24N4O3/c1-11(2)7-12-8-13(20-16(24)19-12)15(23)21-5-3-17(4-6-21)9-14(22)18-10-17/h8,11H,3-7,9-10H2,1-2H3,(H,18,22)(H,19,20,24). The lowest BCUT2D eigenvalue weighted by molar-refractivity contribution is -0.119. The van der Waals surface area contributed by atoms with Crippen molar-refractivity contribution in [1.29, 1.82) is 0 Å². The number of amides is 2. The molecule has 0 radical (unpaired) electrons. The second-order valence-electron chi connectivity index (χ2n) is 7.44. The van der Waals surface area contributed by atoms with Gasteiger partial charge in [-0.1, -0.05) is 13.8 Å². The molecular formula is C17H24N4O3. The minimum Gasteiger partial charge on any atom is -0.356 e. The molecule has 1 spiro atoms. The zero-order chi connectivity index (χ0) is 17.3. The zero-order valence-corrected chi connectivity index (χ0v) is 14.2. The SMILES string of the molecule is CC(C)Cc1cc(C(=O)N2CCC3(CC2)CNC(=O)C3)nc(=O)[nH]1. The highest BCUT2D eigenvalue weighted by Gasteiger charge is 2.41. The first-order chi connectivity index (χ1) is 11.4. The summed E-state index contributed by atoms with van der Waals surface area (Å²) < 4.78 is 0. The molecule has 2 aliphatic heterocycles. The van der Waals surface area contributed by atoms with Gasteiger partial charge in [-0.25, -0.2) is 4.79 Å². The molecule has 2 saturated heterocycles. The highest BCUT2D eigenvalue weighted by Crippen LogP contribution is 2.37. The molecular weight excluding hydrogens is 308 g/mol. The number of piperidine rings is 1. The summed E-state index contributed by atoms with van der Waals surface area (Å²) in [7, 11) is 0. The van der Waals surface area contributed by atoms with Crippen LogP contribution in [0.1, 0.15) is 49.3 Å². The molecule has 0 unspecified atom stereocenters. The van der Waals surface area contributed by atoms with Gasteiger partial charge in [0.1, 0.15) is 5.69 Å².